The highest BCUT2D eigenvalue weighted by Crippen LogP contribution is 2.32. The summed E-state index contributed by atoms with van der Waals surface area (Å²) in [5.41, 5.74) is 1.47. The minimum atomic E-state index is -0.930. The van der Waals surface area contributed by atoms with Crippen LogP contribution in [0.4, 0.5) is 5.69 Å². The normalized spacial score (nSPS) is 22.4. The number of aliphatic carboxylic acids is 1. The van der Waals surface area contributed by atoms with Crippen molar-refractivity contribution < 1.29 is 15.0 Å². The van der Waals surface area contributed by atoms with Crippen molar-refractivity contribution in [3.63, 3.8) is 0 Å². The number of pyridine rings is 1. The van der Waals surface area contributed by atoms with Crippen LogP contribution in [0.15, 0.2) is 30.5 Å². The standard InChI is InChI=1S/C14H13ClN2O3/c15-8-1-2-10-11(5-8)16-4-3-12(10)17-7-9(18)6-13(17)14(19)20/h1-5,9,13,18H,6-7H2,(H,19,20). The second-order valence-electron chi connectivity index (χ2n) is 4.89. The number of nitrogens with zero attached hydrogens (tertiary/aromatic N) is 2. The summed E-state index contributed by atoms with van der Waals surface area (Å²) < 4.78 is 0. The fourth-order valence-corrected chi connectivity index (χ4v) is 2.84. The average Bonchev–Trinajstić information content (AvgIpc) is 2.80. The van der Waals surface area contributed by atoms with Gasteiger partial charge in [-0.25, -0.2) is 4.79 Å². The molecule has 1 aliphatic heterocycles. The highest BCUT2D eigenvalue weighted by Gasteiger charge is 2.36. The van der Waals surface area contributed by atoms with Gasteiger partial charge in [0.1, 0.15) is 6.04 Å². The fourth-order valence-electron chi connectivity index (χ4n) is 2.67. The third-order valence-electron chi connectivity index (χ3n) is 3.56. The van der Waals surface area contributed by atoms with Gasteiger partial charge >= 0.3 is 5.97 Å². The minimum Gasteiger partial charge on any atom is -0.480 e. The van der Waals surface area contributed by atoms with Crippen LogP contribution in [-0.2, 0) is 4.79 Å². The first-order chi connectivity index (χ1) is 9.56. The zero-order chi connectivity index (χ0) is 14.3. The topological polar surface area (TPSA) is 73.7 Å². The number of anilines is 1. The molecule has 0 saturated carbocycles. The van der Waals surface area contributed by atoms with Crippen LogP contribution in [0, 0.1) is 0 Å². The number of fused-ring (bicyclic) bond motifs is 1. The van der Waals surface area contributed by atoms with Gasteiger partial charge in [0, 0.05) is 35.3 Å². The van der Waals surface area contributed by atoms with Crippen LogP contribution in [0.2, 0.25) is 5.02 Å². The number of carboxylic acids is 1. The van der Waals surface area contributed by atoms with Gasteiger partial charge in [0.2, 0.25) is 0 Å². The highest BCUT2D eigenvalue weighted by molar-refractivity contribution is 6.31. The smallest absolute Gasteiger partial charge is 0.326 e. The lowest BCUT2D eigenvalue weighted by atomic mass is 10.1. The van der Waals surface area contributed by atoms with E-state index in [1.165, 1.54) is 0 Å². The highest BCUT2D eigenvalue weighted by atomic mass is 35.5. The van der Waals surface area contributed by atoms with E-state index in [2.05, 4.69) is 4.98 Å². The van der Waals surface area contributed by atoms with Gasteiger partial charge in [0.15, 0.2) is 0 Å². The number of carbonyl (C=O) groups is 1. The van der Waals surface area contributed by atoms with Crippen molar-refractivity contribution in [3.8, 4) is 0 Å². The molecule has 6 heteroatoms. The van der Waals surface area contributed by atoms with Crippen LogP contribution in [0.5, 0.6) is 0 Å². The van der Waals surface area contributed by atoms with Crippen molar-refractivity contribution >= 4 is 34.2 Å². The summed E-state index contributed by atoms with van der Waals surface area (Å²) in [6.07, 6.45) is 1.22. The predicted octanol–water partition coefficient (Wildman–Crippen LogP) is 1.91. The van der Waals surface area contributed by atoms with E-state index in [0.29, 0.717) is 17.1 Å². The van der Waals surface area contributed by atoms with Crippen LogP contribution in [-0.4, -0.2) is 39.9 Å². The monoisotopic (exact) mass is 292 g/mol. The van der Waals surface area contributed by atoms with Crippen LogP contribution in [0.25, 0.3) is 10.9 Å². The number of hydrogen-bond acceptors (Lipinski definition) is 4. The van der Waals surface area contributed by atoms with Crippen molar-refractivity contribution in [2.45, 2.75) is 18.6 Å². The largest absolute Gasteiger partial charge is 0.480 e. The van der Waals surface area contributed by atoms with Crippen molar-refractivity contribution in [2.75, 3.05) is 11.4 Å². The van der Waals surface area contributed by atoms with Crippen LogP contribution in [0.3, 0.4) is 0 Å². The number of aliphatic hydroxyl groups excluding tert-OH is 1. The summed E-state index contributed by atoms with van der Waals surface area (Å²) in [7, 11) is 0. The third kappa shape index (κ3) is 2.19. The van der Waals surface area contributed by atoms with Crippen LogP contribution >= 0.6 is 11.6 Å². The Hall–Kier alpha value is -1.85. The van der Waals surface area contributed by atoms with E-state index in [4.69, 9.17) is 11.6 Å². The maximum Gasteiger partial charge on any atom is 0.326 e. The molecular formula is C14H13ClN2O3. The Morgan fingerprint density at radius 2 is 2.20 bits per heavy atom. The van der Waals surface area contributed by atoms with Gasteiger partial charge in [-0.05, 0) is 24.3 Å². The van der Waals surface area contributed by atoms with E-state index in [1.54, 1.807) is 29.3 Å². The van der Waals surface area contributed by atoms with E-state index in [-0.39, 0.29) is 6.42 Å². The van der Waals surface area contributed by atoms with Crippen molar-refractivity contribution in [3.05, 3.63) is 35.5 Å². The molecule has 5 nitrogen and oxygen atoms in total. The van der Waals surface area contributed by atoms with Crippen molar-refractivity contribution in [2.24, 2.45) is 0 Å². The molecule has 104 valence electrons. The van der Waals surface area contributed by atoms with Gasteiger partial charge in [0.05, 0.1) is 11.6 Å². The lowest BCUT2D eigenvalue weighted by molar-refractivity contribution is -0.138. The molecule has 20 heavy (non-hydrogen) atoms. The Kier molecular flexibility index (Phi) is 3.23. The average molecular weight is 293 g/mol. The Morgan fingerprint density at radius 1 is 1.40 bits per heavy atom. The molecule has 0 amide bonds. The van der Waals surface area contributed by atoms with Gasteiger partial charge in [0.25, 0.3) is 0 Å². The Balaban J connectivity index is 2.12. The summed E-state index contributed by atoms with van der Waals surface area (Å²) in [4.78, 5) is 17.3. The fraction of sp³-hybridized carbons (Fsp3) is 0.286. The molecule has 2 unspecified atom stereocenters. The molecule has 0 aliphatic carbocycles. The molecule has 1 aliphatic rings. The molecule has 2 heterocycles. The van der Waals surface area contributed by atoms with Crippen molar-refractivity contribution in [1.29, 1.82) is 0 Å². The number of halogens is 1. The summed E-state index contributed by atoms with van der Waals surface area (Å²) in [6.45, 7) is 0.304. The molecule has 1 saturated heterocycles. The molecule has 0 spiro atoms. The Labute approximate surface area is 120 Å². The quantitative estimate of drug-likeness (QED) is 0.884. The zero-order valence-electron chi connectivity index (χ0n) is 10.5. The summed E-state index contributed by atoms with van der Waals surface area (Å²) >= 11 is 5.95. The zero-order valence-corrected chi connectivity index (χ0v) is 11.3. The molecule has 3 rings (SSSR count). The maximum atomic E-state index is 11.3. The Bertz CT molecular complexity index is 677. The molecule has 1 aromatic heterocycles. The molecule has 0 radical (unpaired) electrons. The summed E-state index contributed by atoms with van der Waals surface area (Å²) in [5.74, 6) is -0.930. The van der Waals surface area contributed by atoms with Gasteiger partial charge in [-0.1, -0.05) is 11.6 Å². The van der Waals surface area contributed by atoms with E-state index in [9.17, 15) is 15.0 Å². The molecule has 2 atom stereocenters. The lowest BCUT2D eigenvalue weighted by Crippen LogP contribution is -2.36. The number of rotatable bonds is 2. The third-order valence-corrected chi connectivity index (χ3v) is 3.79. The Morgan fingerprint density at radius 3 is 2.95 bits per heavy atom. The number of benzene rings is 1. The predicted molar refractivity (Wildman–Crippen MR) is 76.1 cm³/mol. The van der Waals surface area contributed by atoms with Crippen LogP contribution in [0.1, 0.15) is 6.42 Å². The first kappa shape index (κ1) is 13.1. The molecular weight excluding hydrogens is 280 g/mol. The van der Waals surface area contributed by atoms with E-state index in [1.807, 2.05) is 6.07 Å². The second-order valence-corrected chi connectivity index (χ2v) is 5.32. The number of aromatic nitrogens is 1. The lowest BCUT2D eigenvalue weighted by Gasteiger charge is -2.24. The van der Waals surface area contributed by atoms with Gasteiger partial charge in [-0.3, -0.25) is 4.98 Å². The first-order valence-corrected chi connectivity index (χ1v) is 6.66. The molecule has 0 bridgehead atoms. The van der Waals surface area contributed by atoms with E-state index >= 15 is 0 Å². The second kappa shape index (κ2) is 4.92. The minimum absolute atomic E-state index is 0.229. The number of hydrogen-bond donors (Lipinski definition) is 2. The number of β-amino-alcohol motifs (C(OH)–C–C–N with tert-alkyl or cyclic N) is 1. The summed E-state index contributed by atoms with van der Waals surface area (Å²) in [5, 5.41) is 20.5. The molecule has 1 aromatic carbocycles. The van der Waals surface area contributed by atoms with Crippen LogP contribution < -0.4 is 4.90 Å². The molecule has 1 fully saturated rings. The SMILES string of the molecule is O=C(O)C1CC(O)CN1c1ccnc2cc(Cl)ccc12. The van der Waals surface area contributed by atoms with E-state index < -0.39 is 18.1 Å². The molecule has 2 aromatic rings. The molecule has 2 N–H and O–H groups in total. The summed E-state index contributed by atoms with van der Waals surface area (Å²) in [6, 6.07) is 6.36. The van der Waals surface area contributed by atoms with E-state index in [0.717, 1.165) is 11.1 Å². The van der Waals surface area contributed by atoms with Gasteiger partial charge in [-0.15, -0.1) is 0 Å². The van der Waals surface area contributed by atoms with Crippen molar-refractivity contribution in [1.82, 2.24) is 4.98 Å². The van der Waals surface area contributed by atoms with Gasteiger partial charge < -0.3 is 15.1 Å². The number of aliphatic hydroxyl groups is 1. The first-order valence-electron chi connectivity index (χ1n) is 6.28. The maximum absolute atomic E-state index is 11.3. The number of carboxylic acid groups (broad SMARTS) is 1. The van der Waals surface area contributed by atoms with Gasteiger partial charge in [-0.2, -0.15) is 0 Å².